The summed E-state index contributed by atoms with van der Waals surface area (Å²) >= 11 is 0. The molecule has 0 aromatic heterocycles. The van der Waals surface area contributed by atoms with E-state index in [2.05, 4.69) is 6.92 Å². The molecule has 0 radical (unpaired) electrons. The highest BCUT2D eigenvalue weighted by atomic mass is 16.5. The van der Waals surface area contributed by atoms with Crippen LogP contribution in [0.25, 0.3) is 0 Å². The molecular weight excluding hydrogens is 116 g/mol. The first kappa shape index (κ1) is 6.75. The van der Waals surface area contributed by atoms with Gasteiger partial charge in [-0.2, -0.15) is 0 Å². The topological polar surface area (TPSA) is 26.3 Å². The van der Waals surface area contributed by atoms with E-state index in [1.807, 2.05) is 0 Å². The minimum Gasteiger partial charge on any atom is -0.370 e. The van der Waals surface area contributed by atoms with Crippen molar-refractivity contribution in [1.82, 2.24) is 0 Å². The van der Waals surface area contributed by atoms with Gasteiger partial charge in [0, 0.05) is 0 Å². The van der Waals surface area contributed by atoms with Gasteiger partial charge in [0.1, 0.15) is 12.4 Å². The van der Waals surface area contributed by atoms with Crippen LogP contribution in [0.15, 0.2) is 0 Å². The third-order valence-corrected chi connectivity index (χ3v) is 1.69. The van der Waals surface area contributed by atoms with Gasteiger partial charge in [0.05, 0.1) is 6.61 Å². The summed E-state index contributed by atoms with van der Waals surface area (Å²) in [4.78, 5) is 10.1. The molecule has 0 saturated carbocycles. The second-order valence-corrected chi connectivity index (χ2v) is 2.69. The van der Waals surface area contributed by atoms with E-state index in [-0.39, 0.29) is 6.10 Å². The maximum Gasteiger partial charge on any atom is 0.148 e. The van der Waals surface area contributed by atoms with Gasteiger partial charge in [-0.05, 0) is 18.8 Å². The molecule has 2 heteroatoms. The Balaban J connectivity index is 2.26. The zero-order valence-electron chi connectivity index (χ0n) is 5.67. The molecule has 1 aliphatic rings. The summed E-state index contributed by atoms with van der Waals surface area (Å²) in [5, 5.41) is 0. The monoisotopic (exact) mass is 128 g/mol. The molecule has 0 unspecified atom stereocenters. The van der Waals surface area contributed by atoms with Crippen LogP contribution in [0.1, 0.15) is 19.8 Å². The zero-order valence-corrected chi connectivity index (χ0v) is 5.67. The average molecular weight is 128 g/mol. The van der Waals surface area contributed by atoms with E-state index in [0.29, 0.717) is 5.92 Å². The summed E-state index contributed by atoms with van der Waals surface area (Å²) in [5.41, 5.74) is 0. The number of aldehydes is 1. The first-order valence-corrected chi connectivity index (χ1v) is 3.40. The number of hydrogen-bond acceptors (Lipinski definition) is 2. The van der Waals surface area contributed by atoms with Gasteiger partial charge >= 0.3 is 0 Å². The zero-order chi connectivity index (χ0) is 6.69. The Labute approximate surface area is 55.2 Å². The summed E-state index contributed by atoms with van der Waals surface area (Å²) in [5.74, 6) is 0.640. The van der Waals surface area contributed by atoms with Crippen LogP contribution in [0.4, 0.5) is 0 Å². The van der Waals surface area contributed by atoms with Gasteiger partial charge < -0.3 is 9.53 Å². The van der Waals surface area contributed by atoms with Crippen molar-refractivity contribution in [3.63, 3.8) is 0 Å². The Morgan fingerprint density at radius 3 is 2.78 bits per heavy atom. The van der Waals surface area contributed by atoms with Crippen LogP contribution in [0.3, 0.4) is 0 Å². The molecule has 0 aliphatic carbocycles. The Morgan fingerprint density at radius 2 is 2.33 bits per heavy atom. The fraction of sp³-hybridized carbons (Fsp3) is 0.857. The molecule has 0 N–H and O–H groups in total. The van der Waals surface area contributed by atoms with E-state index in [0.717, 1.165) is 25.7 Å². The molecule has 1 fully saturated rings. The fourth-order valence-corrected chi connectivity index (χ4v) is 1.01. The molecule has 0 amide bonds. The van der Waals surface area contributed by atoms with Crippen molar-refractivity contribution in [3.05, 3.63) is 0 Å². The lowest BCUT2D eigenvalue weighted by Gasteiger charge is -2.22. The van der Waals surface area contributed by atoms with Crippen molar-refractivity contribution in [3.8, 4) is 0 Å². The van der Waals surface area contributed by atoms with Crippen LogP contribution in [-0.2, 0) is 9.53 Å². The third kappa shape index (κ3) is 1.79. The minimum absolute atomic E-state index is 0.110. The molecule has 0 aromatic rings. The maximum absolute atomic E-state index is 10.1. The molecule has 52 valence electrons. The van der Waals surface area contributed by atoms with Gasteiger partial charge in [-0.1, -0.05) is 6.92 Å². The van der Waals surface area contributed by atoms with Gasteiger partial charge in [0.2, 0.25) is 0 Å². The highest BCUT2D eigenvalue weighted by Crippen LogP contribution is 2.16. The maximum atomic E-state index is 10.1. The smallest absolute Gasteiger partial charge is 0.148 e. The molecule has 1 saturated heterocycles. The van der Waals surface area contributed by atoms with Gasteiger partial charge in [-0.3, -0.25) is 0 Å². The van der Waals surface area contributed by atoms with E-state index in [9.17, 15) is 4.79 Å². The predicted molar refractivity (Wildman–Crippen MR) is 34.2 cm³/mol. The van der Waals surface area contributed by atoms with Crippen molar-refractivity contribution in [1.29, 1.82) is 0 Å². The number of carbonyl (C=O) groups excluding carboxylic acids is 1. The van der Waals surface area contributed by atoms with Gasteiger partial charge in [0.15, 0.2) is 0 Å². The van der Waals surface area contributed by atoms with E-state index >= 15 is 0 Å². The molecule has 1 heterocycles. The molecule has 0 aromatic carbocycles. The predicted octanol–water partition coefficient (Wildman–Crippen LogP) is 1.00. The molecule has 1 rings (SSSR count). The molecule has 1 aliphatic heterocycles. The SMILES string of the molecule is C[C@@H]1CC[C@@H](C=O)OC1. The molecule has 0 bridgehead atoms. The Hall–Kier alpha value is -0.370. The van der Waals surface area contributed by atoms with Crippen LogP contribution < -0.4 is 0 Å². The van der Waals surface area contributed by atoms with Crippen molar-refractivity contribution < 1.29 is 9.53 Å². The number of ether oxygens (including phenoxy) is 1. The normalized spacial score (nSPS) is 36.1. The van der Waals surface area contributed by atoms with Gasteiger partial charge in [0.25, 0.3) is 0 Å². The van der Waals surface area contributed by atoms with Crippen LogP contribution >= 0.6 is 0 Å². The lowest BCUT2D eigenvalue weighted by molar-refractivity contribution is -0.122. The van der Waals surface area contributed by atoms with Crippen LogP contribution in [-0.4, -0.2) is 19.0 Å². The number of rotatable bonds is 1. The molecule has 2 atom stereocenters. The minimum atomic E-state index is -0.110. The highest BCUT2D eigenvalue weighted by molar-refractivity contribution is 5.55. The summed E-state index contributed by atoms with van der Waals surface area (Å²) < 4.78 is 5.17. The number of hydrogen-bond donors (Lipinski definition) is 0. The molecule has 9 heavy (non-hydrogen) atoms. The van der Waals surface area contributed by atoms with E-state index < -0.39 is 0 Å². The van der Waals surface area contributed by atoms with Crippen molar-refractivity contribution in [2.75, 3.05) is 6.61 Å². The Bertz CT molecular complexity index is 93.1. The second kappa shape index (κ2) is 2.97. The van der Waals surface area contributed by atoms with Crippen LogP contribution in [0, 0.1) is 5.92 Å². The lowest BCUT2D eigenvalue weighted by Crippen LogP contribution is -2.25. The Kier molecular flexibility index (Phi) is 2.22. The Morgan fingerprint density at radius 1 is 1.56 bits per heavy atom. The molecule has 0 spiro atoms. The second-order valence-electron chi connectivity index (χ2n) is 2.69. The van der Waals surface area contributed by atoms with Crippen molar-refractivity contribution in [2.24, 2.45) is 5.92 Å². The van der Waals surface area contributed by atoms with Gasteiger partial charge in [-0.25, -0.2) is 0 Å². The van der Waals surface area contributed by atoms with Crippen molar-refractivity contribution in [2.45, 2.75) is 25.9 Å². The summed E-state index contributed by atoms with van der Waals surface area (Å²) in [6, 6.07) is 0. The fourth-order valence-electron chi connectivity index (χ4n) is 1.01. The summed E-state index contributed by atoms with van der Waals surface area (Å²) in [6.07, 6.45) is 2.82. The van der Waals surface area contributed by atoms with Crippen molar-refractivity contribution >= 4 is 6.29 Å². The third-order valence-electron chi connectivity index (χ3n) is 1.69. The highest BCUT2D eigenvalue weighted by Gasteiger charge is 2.16. The summed E-state index contributed by atoms with van der Waals surface area (Å²) in [7, 11) is 0. The van der Waals surface area contributed by atoms with E-state index in [1.165, 1.54) is 0 Å². The summed E-state index contributed by atoms with van der Waals surface area (Å²) in [6.45, 7) is 2.89. The number of carbonyl (C=O) groups is 1. The first-order valence-electron chi connectivity index (χ1n) is 3.40. The lowest BCUT2D eigenvalue weighted by atomic mass is 10.0. The van der Waals surface area contributed by atoms with Gasteiger partial charge in [-0.15, -0.1) is 0 Å². The standard InChI is InChI=1S/C7H12O2/c1-6-2-3-7(4-8)9-5-6/h4,6-7H,2-3,5H2,1H3/t6-,7+/m1/s1. The first-order chi connectivity index (χ1) is 4.33. The quantitative estimate of drug-likeness (QED) is 0.492. The van der Waals surface area contributed by atoms with Crippen LogP contribution in [0.5, 0.6) is 0 Å². The van der Waals surface area contributed by atoms with Crippen LogP contribution in [0.2, 0.25) is 0 Å². The molecule has 2 nitrogen and oxygen atoms in total. The largest absolute Gasteiger partial charge is 0.370 e. The molecular formula is C7H12O2. The average Bonchev–Trinajstić information content (AvgIpc) is 1.90. The van der Waals surface area contributed by atoms with E-state index in [4.69, 9.17) is 4.74 Å². The van der Waals surface area contributed by atoms with E-state index in [1.54, 1.807) is 0 Å².